The van der Waals surface area contributed by atoms with Gasteiger partial charge in [-0.05, 0) is 30.5 Å². The Balaban J connectivity index is 1.57. The maximum Gasteiger partial charge on any atom is 0.418 e. The van der Waals surface area contributed by atoms with Crippen LogP contribution in [0.2, 0.25) is 0 Å². The fraction of sp³-hybridized carbons (Fsp3) is 0.300. The summed E-state index contributed by atoms with van der Waals surface area (Å²) < 4.78 is 60.4. The molecule has 0 spiro atoms. The average molecular weight is 438 g/mol. The van der Waals surface area contributed by atoms with Crippen molar-refractivity contribution in [3.05, 3.63) is 54.1 Å². The Morgan fingerprint density at radius 3 is 2.60 bits per heavy atom. The van der Waals surface area contributed by atoms with Gasteiger partial charge in [0, 0.05) is 36.3 Å². The maximum atomic E-state index is 13.6. The van der Waals surface area contributed by atoms with Gasteiger partial charge in [-0.2, -0.15) is 13.2 Å². The van der Waals surface area contributed by atoms with Gasteiger partial charge in [0.15, 0.2) is 5.17 Å². The van der Waals surface area contributed by atoms with E-state index in [1.807, 2.05) is 11.2 Å². The van der Waals surface area contributed by atoms with Crippen LogP contribution in [-0.4, -0.2) is 46.1 Å². The van der Waals surface area contributed by atoms with Crippen LogP contribution in [0.4, 0.5) is 23.2 Å². The molecule has 3 heterocycles. The number of amidine groups is 1. The van der Waals surface area contributed by atoms with Crippen molar-refractivity contribution in [2.75, 3.05) is 26.5 Å². The molecule has 2 aromatic heterocycles. The maximum absolute atomic E-state index is 13.6. The molecule has 1 aromatic carbocycles. The molecule has 158 valence electrons. The first-order valence-corrected chi connectivity index (χ1v) is 10.3. The number of ether oxygens (including phenoxy) is 1. The van der Waals surface area contributed by atoms with Gasteiger partial charge >= 0.3 is 6.18 Å². The van der Waals surface area contributed by atoms with Gasteiger partial charge in [0.2, 0.25) is 5.88 Å². The molecule has 0 atom stereocenters. The summed E-state index contributed by atoms with van der Waals surface area (Å²) >= 11 is 1.45. The molecule has 0 saturated carbocycles. The highest BCUT2D eigenvalue weighted by atomic mass is 32.2. The lowest BCUT2D eigenvalue weighted by molar-refractivity contribution is -0.136. The number of halogens is 4. The predicted octanol–water partition coefficient (Wildman–Crippen LogP) is 5.11. The molecule has 10 heteroatoms. The molecule has 0 amide bonds. The van der Waals surface area contributed by atoms with Crippen molar-refractivity contribution in [1.82, 2.24) is 14.5 Å². The van der Waals surface area contributed by atoms with Crippen molar-refractivity contribution in [3.8, 4) is 5.88 Å². The Labute approximate surface area is 174 Å². The number of nitrogens with zero attached hydrogens (tertiary/aromatic N) is 4. The van der Waals surface area contributed by atoms with Crippen LogP contribution in [-0.2, 0) is 6.18 Å². The second kappa shape index (κ2) is 7.82. The molecule has 1 aliphatic heterocycles. The number of methoxy groups -OCH3 is 1. The third kappa shape index (κ3) is 3.83. The molecule has 3 aromatic rings. The first-order chi connectivity index (χ1) is 14.3. The van der Waals surface area contributed by atoms with Crippen molar-refractivity contribution in [2.45, 2.75) is 12.2 Å². The molecule has 0 N–H and O–H groups in total. The van der Waals surface area contributed by atoms with Gasteiger partial charge in [0.25, 0.3) is 0 Å². The summed E-state index contributed by atoms with van der Waals surface area (Å²) in [6.45, 7) is 1.00. The number of hydrogen-bond acceptors (Lipinski definition) is 4. The Morgan fingerprint density at radius 1 is 1.23 bits per heavy atom. The van der Waals surface area contributed by atoms with Crippen LogP contribution in [0.15, 0.2) is 47.7 Å². The lowest BCUT2D eigenvalue weighted by Crippen LogP contribution is -2.49. The first kappa shape index (κ1) is 20.5. The standard InChI is InChI=1S/C20H18F4N4OS/c1-29-18-6-4-13(8-25-18)26-19(30-2)27-9-14(10-27)28-11-16(20(22,23)24)15-7-12(21)3-5-17(15)28/h3-8,11,14H,9-10H2,1-2H3. The Bertz CT molecular complexity index is 1090. The number of benzene rings is 1. The fourth-order valence-electron chi connectivity index (χ4n) is 3.46. The molecule has 1 aliphatic rings. The summed E-state index contributed by atoms with van der Waals surface area (Å²) in [6.07, 6.45) is 0.0119. The number of aliphatic imine (C=N–C) groups is 1. The highest BCUT2D eigenvalue weighted by Crippen LogP contribution is 2.39. The molecule has 4 rings (SSSR count). The highest BCUT2D eigenvalue weighted by Gasteiger charge is 2.38. The van der Waals surface area contributed by atoms with Crippen molar-refractivity contribution < 1.29 is 22.3 Å². The van der Waals surface area contributed by atoms with Crippen LogP contribution in [0, 0.1) is 5.82 Å². The van der Waals surface area contributed by atoms with Gasteiger partial charge in [-0.15, -0.1) is 0 Å². The smallest absolute Gasteiger partial charge is 0.418 e. The van der Waals surface area contributed by atoms with E-state index < -0.39 is 17.6 Å². The van der Waals surface area contributed by atoms with Crippen molar-refractivity contribution in [3.63, 3.8) is 0 Å². The van der Waals surface area contributed by atoms with Crippen LogP contribution in [0.5, 0.6) is 5.88 Å². The Hall–Kier alpha value is -2.75. The fourth-order valence-corrected chi connectivity index (χ4v) is 4.06. The van der Waals surface area contributed by atoms with Gasteiger partial charge in [0.05, 0.1) is 30.6 Å². The van der Waals surface area contributed by atoms with Crippen molar-refractivity contribution in [2.24, 2.45) is 4.99 Å². The zero-order valence-corrected chi connectivity index (χ0v) is 17.0. The minimum absolute atomic E-state index is 0.121. The Morgan fingerprint density at radius 2 is 2.00 bits per heavy atom. The number of alkyl halides is 3. The molecule has 0 aliphatic carbocycles. The molecule has 30 heavy (non-hydrogen) atoms. The summed E-state index contributed by atoms with van der Waals surface area (Å²) in [4.78, 5) is 10.7. The van der Waals surface area contributed by atoms with E-state index in [-0.39, 0.29) is 11.4 Å². The zero-order valence-electron chi connectivity index (χ0n) is 16.2. The lowest BCUT2D eigenvalue weighted by Gasteiger charge is -2.41. The number of aromatic nitrogens is 2. The van der Waals surface area contributed by atoms with Gasteiger partial charge in [0.1, 0.15) is 5.82 Å². The van der Waals surface area contributed by atoms with E-state index in [0.29, 0.717) is 30.2 Å². The number of rotatable bonds is 3. The monoisotopic (exact) mass is 438 g/mol. The van der Waals surface area contributed by atoms with Gasteiger partial charge < -0.3 is 14.2 Å². The first-order valence-electron chi connectivity index (χ1n) is 9.05. The van der Waals surface area contributed by atoms with E-state index in [2.05, 4.69) is 9.98 Å². The van der Waals surface area contributed by atoms with Crippen LogP contribution >= 0.6 is 11.8 Å². The van der Waals surface area contributed by atoms with E-state index in [1.54, 1.807) is 22.9 Å². The summed E-state index contributed by atoms with van der Waals surface area (Å²) in [5.41, 5.74) is 0.207. The summed E-state index contributed by atoms with van der Waals surface area (Å²) in [5, 5.41) is 0.626. The zero-order chi connectivity index (χ0) is 21.5. The number of likely N-dealkylation sites (tertiary alicyclic amines) is 1. The van der Waals surface area contributed by atoms with E-state index in [9.17, 15) is 17.6 Å². The largest absolute Gasteiger partial charge is 0.481 e. The second-order valence-corrected chi connectivity index (χ2v) is 7.60. The van der Waals surface area contributed by atoms with Crippen molar-refractivity contribution in [1.29, 1.82) is 0 Å². The predicted molar refractivity (Wildman–Crippen MR) is 109 cm³/mol. The van der Waals surface area contributed by atoms with Crippen LogP contribution in [0.3, 0.4) is 0 Å². The molecule has 0 bridgehead atoms. The molecule has 0 unspecified atom stereocenters. The highest BCUT2D eigenvalue weighted by molar-refractivity contribution is 8.13. The normalized spacial score (nSPS) is 15.5. The minimum atomic E-state index is -4.55. The number of pyridine rings is 1. The quantitative estimate of drug-likeness (QED) is 0.324. The van der Waals surface area contributed by atoms with Crippen LogP contribution in [0.25, 0.3) is 10.9 Å². The van der Waals surface area contributed by atoms with Crippen LogP contribution in [0.1, 0.15) is 11.6 Å². The van der Waals surface area contributed by atoms with Crippen molar-refractivity contribution >= 4 is 33.5 Å². The van der Waals surface area contributed by atoms with E-state index in [1.165, 1.54) is 31.0 Å². The summed E-state index contributed by atoms with van der Waals surface area (Å²) in [6, 6.07) is 6.84. The molecule has 0 radical (unpaired) electrons. The average Bonchev–Trinajstić information content (AvgIpc) is 3.05. The summed E-state index contributed by atoms with van der Waals surface area (Å²) in [7, 11) is 1.53. The minimum Gasteiger partial charge on any atom is -0.481 e. The lowest BCUT2D eigenvalue weighted by atomic mass is 10.1. The third-order valence-corrected chi connectivity index (χ3v) is 5.68. The summed E-state index contributed by atoms with van der Waals surface area (Å²) in [5.74, 6) is -0.203. The molecular weight excluding hydrogens is 420 g/mol. The second-order valence-electron chi connectivity index (χ2n) is 6.83. The number of hydrogen-bond donors (Lipinski definition) is 0. The Kier molecular flexibility index (Phi) is 5.35. The molecular formula is C20H18F4N4OS. The third-order valence-electron chi connectivity index (χ3n) is 4.96. The van der Waals surface area contributed by atoms with Crippen LogP contribution < -0.4 is 4.74 Å². The van der Waals surface area contributed by atoms with E-state index >= 15 is 0 Å². The molecule has 1 fully saturated rings. The number of fused-ring (bicyclic) bond motifs is 1. The van der Waals surface area contributed by atoms with E-state index in [0.717, 1.165) is 17.4 Å². The SMILES string of the molecule is COc1ccc(N=C(SC)N2CC(n3cc(C(F)(F)F)c4cc(F)ccc43)C2)cn1. The topological polar surface area (TPSA) is 42.6 Å². The van der Waals surface area contributed by atoms with Gasteiger partial charge in [-0.1, -0.05) is 11.8 Å². The van der Waals surface area contributed by atoms with Gasteiger partial charge in [-0.3, -0.25) is 0 Å². The number of thioether (sulfide) groups is 1. The molecule has 1 saturated heterocycles. The molecule has 5 nitrogen and oxygen atoms in total. The van der Waals surface area contributed by atoms with Gasteiger partial charge in [-0.25, -0.2) is 14.4 Å². The van der Waals surface area contributed by atoms with E-state index in [4.69, 9.17) is 4.74 Å².